The molecule has 4 aromatic rings. The second kappa shape index (κ2) is 10.1. The predicted octanol–water partition coefficient (Wildman–Crippen LogP) is 4.11. The second-order valence-electron chi connectivity index (χ2n) is 9.44. The van der Waals surface area contributed by atoms with Crippen molar-refractivity contribution in [3.8, 4) is 11.5 Å². The van der Waals surface area contributed by atoms with Gasteiger partial charge >= 0.3 is 0 Å². The molecule has 0 saturated heterocycles. The number of imide groups is 1. The maximum absolute atomic E-state index is 13.7. The third-order valence-electron chi connectivity index (χ3n) is 7.16. The Kier molecular flexibility index (Phi) is 6.72. The summed E-state index contributed by atoms with van der Waals surface area (Å²) >= 11 is 0. The summed E-state index contributed by atoms with van der Waals surface area (Å²) in [7, 11) is 3.17. The van der Waals surface area contributed by atoms with Gasteiger partial charge in [0.2, 0.25) is 0 Å². The van der Waals surface area contributed by atoms with Crippen molar-refractivity contribution in [2.24, 2.45) is 0 Å². The lowest BCUT2D eigenvalue weighted by Crippen LogP contribution is -2.34. The van der Waals surface area contributed by atoms with E-state index >= 15 is 0 Å². The first-order valence-electron chi connectivity index (χ1n) is 12.5. The van der Waals surface area contributed by atoms with Crippen molar-refractivity contribution in [2.75, 3.05) is 20.8 Å². The number of methoxy groups -OCH3 is 2. The molecule has 1 aromatic heterocycles. The Morgan fingerprint density at radius 3 is 2.08 bits per heavy atom. The van der Waals surface area contributed by atoms with Crippen LogP contribution in [0.1, 0.15) is 43.2 Å². The molecule has 1 aliphatic heterocycles. The van der Waals surface area contributed by atoms with Crippen LogP contribution >= 0.6 is 0 Å². The summed E-state index contributed by atoms with van der Waals surface area (Å²) in [5, 5.41) is 0.546. The Morgan fingerprint density at radius 2 is 1.42 bits per heavy atom. The number of aryl methyl sites for hydroxylation is 3. The first-order valence-corrected chi connectivity index (χ1v) is 12.5. The van der Waals surface area contributed by atoms with Gasteiger partial charge in [-0.3, -0.25) is 23.9 Å². The molecule has 3 aromatic carbocycles. The summed E-state index contributed by atoms with van der Waals surface area (Å²) in [6.45, 7) is 4.46. The number of nitrogens with zero attached hydrogens (tertiary/aromatic N) is 3. The van der Waals surface area contributed by atoms with Crippen molar-refractivity contribution in [3.05, 3.63) is 98.6 Å². The molecule has 8 nitrogen and oxygen atoms in total. The molecule has 0 atom stereocenters. The molecule has 0 fully saturated rings. The van der Waals surface area contributed by atoms with Crippen LogP contribution in [0.3, 0.4) is 0 Å². The van der Waals surface area contributed by atoms with E-state index in [0.717, 1.165) is 16.7 Å². The lowest BCUT2D eigenvalue weighted by Gasteiger charge is -2.18. The Bertz CT molecular complexity index is 1600. The van der Waals surface area contributed by atoms with E-state index in [-0.39, 0.29) is 30.3 Å². The van der Waals surface area contributed by atoms with Gasteiger partial charge in [0.1, 0.15) is 5.82 Å². The number of hydrogen-bond acceptors (Lipinski definition) is 6. The Morgan fingerprint density at radius 1 is 0.763 bits per heavy atom. The minimum atomic E-state index is -0.322. The molecular weight excluding hydrogens is 482 g/mol. The van der Waals surface area contributed by atoms with Crippen molar-refractivity contribution < 1.29 is 19.1 Å². The number of carbonyl (C=O) groups excluding carboxylic acids is 2. The molecule has 0 spiro atoms. The van der Waals surface area contributed by atoms with Crippen LogP contribution in [-0.4, -0.2) is 47.0 Å². The number of amides is 2. The molecule has 2 amide bonds. The molecule has 2 heterocycles. The molecule has 1 aliphatic rings. The summed E-state index contributed by atoms with van der Waals surface area (Å²) in [5.41, 5.74) is 4.30. The van der Waals surface area contributed by atoms with E-state index in [1.807, 2.05) is 44.2 Å². The van der Waals surface area contributed by atoms with Crippen molar-refractivity contribution >= 4 is 22.7 Å². The van der Waals surface area contributed by atoms with Gasteiger partial charge < -0.3 is 9.47 Å². The van der Waals surface area contributed by atoms with Gasteiger partial charge in [-0.2, -0.15) is 0 Å². The zero-order chi connectivity index (χ0) is 27.0. The van der Waals surface area contributed by atoms with Gasteiger partial charge in [0.15, 0.2) is 11.5 Å². The highest BCUT2D eigenvalue weighted by molar-refractivity contribution is 6.21. The summed E-state index contributed by atoms with van der Waals surface area (Å²) < 4.78 is 12.4. The van der Waals surface area contributed by atoms with Crippen LogP contribution in [0.15, 0.2) is 59.4 Å². The largest absolute Gasteiger partial charge is 0.493 e. The molecule has 0 unspecified atom stereocenters. The molecule has 0 bridgehead atoms. The van der Waals surface area contributed by atoms with Crippen molar-refractivity contribution in [2.45, 2.75) is 33.2 Å². The molecule has 0 radical (unpaired) electrons. The number of hydrogen-bond donors (Lipinski definition) is 0. The lowest BCUT2D eigenvalue weighted by atomic mass is 10.1. The molecular formula is C30H29N3O5. The van der Waals surface area contributed by atoms with Crippen LogP contribution in [-0.2, 0) is 19.4 Å². The van der Waals surface area contributed by atoms with E-state index in [9.17, 15) is 14.4 Å². The van der Waals surface area contributed by atoms with E-state index in [1.54, 1.807) is 43.1 Å². The van der Waals surface area contributed by atoms with E-state index in [0.29, 0.717) is 52.3 Å². The van der Waals surface area contributed by atoms with Gasteiger partial charge in [-0.15, -0.1) is 0 Å². The minimum absolute atomic E-state index is 0.130. The Balaban J connectivity index is 1.48. The molecule has 0 aliphatic carbocycles. The average Bonchev–Trinajstić information content (AvgIpc) is 3.17. The Hall–Kier alpha value is -4.46. The van der Waals surface area contributed by atoms with Gasteiger partial charge in [0.05, 0.1) is 36.2 Å². The summed E-state index contributed by atoms with van der Waals surface area (Å²) in [4.78, 5) is 45.6. The minimum Gasteiger partial charge on any atom is -0.493 e. The summed E-state index contributed by atoms with van der Waals surface area (Å²) in [6.07, 6.45) is 0.813. The second-order valence-corrected chi connectivity index (χ2v) is 9.44. The van der Waals surface area contributed by atoms with Crippen molar-refractivity contribution in [1.29, 1.82) is 0 Å². The fourth-order valence-electron chi connectivity index (χ4n) is 4.88. The quantitative estimate of drug-likeness (QED) is 0.331. The van der Waals surface area contributed by atoms with Gasteiger partial charge in [0, 0.05) is 19.5 Å². The van der Waals surface area contributed by atoms with Crippen LogP contribution in [0.25, 0.3) is 10.9 Å². The van der Waals surface area contributed by atoms with E-state index < -0.39 is 0 Å². The zero-order valence-corrected chi connectivity index (χ0v) is 21.9. The van der Waals surface area contributed by atoms with Gasteiger partial charge in [-0.1, -0.05) is 18.2 Å². The number of fused-ring (bicyclic) bond motifs is 2. The van der Waals surface area contributed by atoms with Crippen molar-refractivity contribution in [1.82, 2.24) is 14.5 Å². The monoisotopic (exact) mass is 511 g/mol. The number of aromatic nitrogens is 2. The van der Waals surface area contributed by atoms with Crippen LogP contribution in [0.4, 0.5) is 0 Å². The number of carbonyl (C=O) groups is 2. The first-order chi connectivity index (χ1) is 18.3. The molecule has 194 valence electrons. The zero-order valence-electron chi connectivity index (χ0n) is 21.9. The third kappa shape index (κ3) is 4.42. The van der Waals surface area contributed by atoms with Crippen LogP contribution in [0, 0.1) is 13.8 Å². The highest BCUT2D eigenvalue weighted by atomic mass is 16.5. The van der Waals surface area contributed by atoms with Gasteiger partial charge in [-0.25, -0.2) is 4.98 Å². The molecule has 0 N–H and O–H groups in total. The van der Waals surface area contributed by atoms with Crippen LogP contribution in [0.5, 0.6) is 11.5 Å². The third-order valence-corrected chi connectivity index (χ3v) is 7.16. The standard InChI is InChI=1S/C30H29N3O5/c1-18-15-23-24(16-19(18)2)31-27(12-14-33-28(34)21-7-5-6-8-22(21)29(33)35)32(30(23)36)13-11-20-9-10-25(37-3)26(17-20)38-4/h5-10,15-17H,11-14H2,1-4H3. The van der Waals surface area contributed by atoms with Gasteiger partial charge in [0.25, 0.3) is 17.4 Å². The highest BCUT2D eigenvalue weighted by Crippen LogP contribution is 2.28. The average molecular weight is 512 g/mol. The summed E-state index contributed by atoms with van der Waals surface area (Å²) in [6, 6.07) is 16.3. The normalized spacial score (nSPS) is 12.8. The SMILES string of the molecule is COc1ccc(CCn2c(CCN3C(=O)c4ccccc4C3=O)nc3cc(C)c(C)cc3c2=O)cc1OC. The number of ether oxygens (including phenoxy) is 2. The fraction of sp³-hybridized carbons (Fsp3) is 0.267. The maximum atomic E-state index is 13.7. The lowest BCUT2D eigenvalue weighted by molar-refractivity contribution is 0.0655. The predicted molar refractivity (Wildman–Crippen MR) is 144 cm³/mol. The Labute approximate surface area is 220 Å². The van der Waals surface area contributed by atoms with E-state index in [2.05, 4.69) is 0 Å². The van der Waals surface area contributed by atoms with Crippen molar-refractivity contribution in [3.63, 3.8) is 0 Å². The summed E-state index contributed by atoms with van der Waals surface area (Å²) in [5.74, 6) is 1.14. The molecule has 5 rings (SSSR count). The number of benzene rings is 3. The van der Waals surface area contributed by atoms with Crippen LogP contribution < -0.4 is 15.0 Å². The molecule has 38 heavy (non-hydrogen) atoms. The molecule has 0 saturated carbocycles. The topological polar surface area (TPSA) is 90.7 Å². The first kappa shape index (κ1) is 25.2. The number of rotatable bonds is 8. The van der Waals surface area contributed by atoms with E-state index in [4.69, 9.17) is 14.5 Å². The van der Waals surface area contributed by atoms with E-state index in [1.165, 1.54) is 4.90 Å². The van der Waals surface area contributed by atoms with Gasteiger partial charge in [-0.05, 0) is 73.4 Å². The van der Waals surface area contributed by atoms with Crippen LogP contribution in [0.2, 0.25) is 0 Å². The smallest absolute Gasteiger partial charge is 0.261 e. The molecule has 8 heteroatoms. The highest BCUT2D eigenvalue weighted by Gasteiger charge is 2.35. The maximum Gasteiger partial charge on any atom is 0.261 e. The fourth-order valence-corrected chi connectivity index (χ4v) is 4.88.